The van der Waals surface area contributed by atoms with Crippen LogP contribution in [0.4, 0.5) is 0 Å². The van der Waals surface area contributed by atoms with Crippen LogP contribution in [0.5, 0.6) is 0 Å². The average molecular weight is 395 g/mol. The van der Waals surface area contributed by atoms with Crippen LogP contribution in [0.3, 0.4) is 0 Å². The minimum Gasteiger partial charge on any atom is -0.355 e. The Morgan fingerprint density at radius 1 is 1.12 bits per heavy atom. The second-order valence-electron chi connectivity index (χ2n) is 5.85. The van der Waals surface area contributed by atoms with Crippen LogP contribution >= 0.6 is 11.6 Å². The molecule has 0 spiro atoms. The molecular formula is C18H19ClN2O4S. The van der Waals surface area contributed by atoms with Crippen molar-refractivity contribution in [2.75, 3.05) is 20.4 Å². The fourth-order valence-electron chi connectivity index (χ4n) is 2.36. The van der Waals surface area contributed by atoms with Gasteiger partial charge in [-0.15, -0.1) is 0 Å². The maximum absolute atomic E-state index is 12.7. The molecule has 0 saturated carbocycles. The summed E-state index contributed by atoms with van der Waals surface area (Å²) in [4.78, 5) is 25.7. The van der Waals surface area contributed by atoms with E-state index in [4.69, 9.17) is 11.6 Å². The monoisotopic (exact) mass is 394 g/mol. The fraction of sp³-hybridized carbons (Fsp3) is 0.222. The van der Waals surface area contributed by atoms with Gasteiger partial charge in [-0.05, 0) is 35.9 Å². The quantitative estimate of drug-likeness (QED) is 0.843. The van der Waals surface area contributed by atoms with Crippen molar-refractivity contribution in [3.63, 3.8) is 0 Å². The third-order valence-corrected chi connectivity index (χ3v) is 5.25. The lowest BCUT2D eigenvalue weighted by Crippen LogP contribution is -2.26. The van der Waals surface area contributed by atoms with Crippen molar-refractivity contribution >= 4 is 33.3 Å². The van der Waals surface area contributed by atoms with E-state index in [1.165, 1.54) is 23.1 Å². The molecule has 0 bridgehead atoms. The zero-order valence-electron chi connectivity index (χ0n) is 14.6. The normalized spacial score (nSPS) is 11.1. The smallest absolute Gasteiger partial charge is 0.255 e. The SMILES string of the molecule is CNC(=O)c1ccc(CN(C)C(=O)c2cc(S(C)(=O)=O)ccc2Cl)cc1. The molecule has 2 aromatic carbocycles. The Kier molecular flexibility index (Phi) is 6.05. The lowest BCUT2D eigenvalue weighted by molar-refractivity contribution is 0.0784. The van der Waals surface area contributed by atoms with E-state index in [0.717, 1.165) is 11.8 Å². The largest absolute Gasteiger partial charge is 0.355 e. The first-order chi connectivity index (χ1) is 12.1. The van der Waals surface area contributed by atoms with Gasteiger partial charge in [0.1, 0.15) is 0 Å². The Morgan fingerprint density at radius 3 is 2.27 bits per heavy atom. The molecule has 0 fully saturated rings. The number of hydrogen-bond acceptors (Lipinski definition) is 4. The molecule has 2 rings (SSSR count). The number of nitrogens with zero attached hydrogens (tertiary/aromatic N) is 1. The molecule has 1 N–H and O–H groups in total. The van der Waals surface area contributed by atoms with Crippen molar-refractivity contribution in [1.82, 2.24) is 10.2 Å². The maximum atomic E-state index is 12.7. The number of carbonyl (C=O) groups is 2. The summed E-state index contributed by atoms with van der Waals surface area (Å²) >= 11 is 6.07. The van der Waals surface area contributed by atoms with Gasteiger partial charge in [0.2, 0.25) is 0 Å². The maximum Gasteiger partial charge on any atom is 0.255 e. The molecule has 0 aromatic heterocycles. The standard InChI is InChI=1S/C18H19ClN2O4S/c1-20-17(22)13-6-4-12(5-7-13)11-21(2)18(23)15-10-14(26(3,24)25)8-9-16(15)19/h4-10H,11H2,1-3H3,(H,20,22). The third kappa shape index (κ3) is 4.62. The van der Waals surface area contributed by atoms with E-state index in [0.29, 0.717) is 5.56 Å². The van der Waals surface area contributed by atoms with Gasteiger partial charge in [-0.1, -0.05) is 23.7 Å². The summed E-state index contributed by atoms with van der Waals surface area (Å²) in [5.41, 5.74) is 1.47. The van der Waals surface area contributed by atoms with E-state index in [-0.39, 0.29) is 27.9 Å². The summed E-state index contributed by atoms with van der Waals surface area (Å²) in [7, 11) is -0.295. The van der Waals surface area contributed by atoms with Crippen LogP contribution < -0.4 is 5.32 Å². The fourth-order valence-corrected chi connectivity index (χ4v) is 3.20. The molecule has 26 heavy (non-hydrogen) atoms. The highest BCUT2D eigenvalue weighted by atomic mass is 35.5. The Labute approximate surface area is 157 Å². The number of nitrogens with one attached hydrogen (secondary N) is 1. The first kappa shape index (κ1) is 19.9. The number of sulfone groups is 1. The van der Waals surface area contributed by atoms with Crippen LogP contribution in [0.15, 0.2) is 47.4 Å². The molecule has 0 heterocycles. The Balaban J connectivity index is 2.21. The molecule has 2 amide bonds. The molecule has 0 aliphatic heterocycles. The van der Waals surface area contributed by atoms with Crippen molar-refractivity contribution in [1.29, 1.82) is 0 Å². The molecule has 0 saturated heterocycles. The van der Waals surface area contributed by atoms with Gasteiger partial charge in [-0.25, -0.2) is 8.42 Å². The van der Waals surface area contributed by atoms with Gasteiger partial charge in [-0.2, -0.15) is 0 Å². The topological polar surface area (TPSA) is 83.6 Å². The van der Waals surface area contributed by atoms with Crippen molar-refractivity contribution in [2.45, 2.75) is 11.4 Å². The molecule has 0 atom stereocenters. The highest BCUT2D eigenvalue weighted by molar-refractivity contribution is 7.90. The summed E-state index contributed by atoms with van der Waals surface area (Å²) in [5.74, 6) is -0.582. The summed E-state index contributed by atoms with van der Waals surface area (Å²) in [6.45, 7) is 0.284. The minimum absolute atomic E-state index is 0.0357. The molecule has 0 unspecified atom stereocenters. The summed E-state index contributed by atoms with van der Waals surface area (Å²) in [5, 5.41) is 2.72. The Bertz CT molecular complexity index is 940. The highest BCUT2D eigenvalue weighted by Crippen LogP contribution is 2.22. The third-order valence-electron chi connectivity index (χ3n) is 3.81. The predicted molar refractivity (Wildman–Crippen MR) is 100 cm³/mol. The van der Waals surface area contributed by atoms with Gasteiger partial charge >= 0.3 is 0 Å². The molecule has 138 valence electrons. The first-order valence-corrected chi connectivity index (χ1v) is 9.96. The second kappa shape index (κ2) is 7.88. The Hall–Kier alpha value is -2.38. The van der Waals surface area contributed by atoms with Gasteiger partial charge in [-0.3, -0.25) is 9.59 Å². The van der Waals surface area contributed by atoms with E-state index in [1.54, 1.807) is 38.4 Å². The lowest BCUT2D eigenvalue weighted by Gasteiger charge is -2.18. The zero-order chi connectivity index (χ0) is 19.5. The molecular weight excluding hydrogens is 376 g/mol. The summed E-state index contributed by atoms with van der Waals surface area (Å²) in [6.07, 6.45) is 1.07. The van der Waals surface area contributed by atoms with Crippen molar-refractivity contribution in [3.05, 3.63) is 64.2 Å². The van der Waals surface area contributed by atoms with Gasteiger partial charge in [0.25, 0.3) is 11.8 Å². The molecule has 2 aromatic rings. The number of rotatable bonds is 5. The Morgan fingerprint density at radius 2 is 1.73 bits per heavy atom. The minimum atomic E-state index is -3.44. The molecule has 8 heteroatoms. The molecule has 0 radical (unpaired) electrons. The summed E-state index contributed by atoms with van der Waals surface area (Å²) < 4.78 is 23.4. The van der Waals surface area contributed by atoms with E-state index in [9.17, 15) is 18.0 Å². The lowest BCUT2D eigenvalue weighted by atomic mass is 10.1. The van der Waals surface area contributed by atoms with Crippen molar-refractivity contribution < 1.29 is 18.0 Å². The molecule has 6 nitrogen and oxygen atoms in total. The second-order valence-corrected chi connectivity index (χ2v) is 8.27. The van der Waals surface area contributed by atoms with E-state index < -0.39 is 15.7 Å². The van der Waals surface area contributed by atoms with Gasteiger partial charge in [0, 0.05) is 32.5 Å². The van der Waals surface area contributed by atoms with Crippen LogP contribution in [0.2, 0.25) is 5.02 Å². The number of carbonyl (C=O) groups excluding carboxylic acids is 2. The van der Waals surface area contributed by atoms with Crippen LogP contribution in [-0.2, 0) is 16.4 Å². The number of amides is 2. The van der Waals surface area contributed by atoms with E-state index in [1.807, 2.05) is 0 Å². The van der Waals surface area contributed by atoms with Crippen LogP contribution in [0.1, 0.15) is 26.3 Å². The van der Waals surface area contributed by atoms with Gasteiger partial charge in [0.15, 0.2) is 9.84 Å². The van der Waals surface area contributed by atoms with Gasteiger partial charge < -0.3 is 10.2 Å². The number of benzene rings is 2. The molecule has 0 aliphatic rings. The number of hydrogen-bond donors (Lipinski definition) is 1. The number of halogens is 1. The van der Waals surface area contributed by atoms with E-state index in [2.05, 4.69) is 5.32 Å². The average Bonchev–Trinajstić information content (AvgIpc) is 2.60. The van der Waals surface area contributed by atoms with Crippen LogP contribution in [-0.4, -0.2) is 45.5 Å². The van der Waals surface area contributed by atoms with Crippen LogP contribution in [0.25, 0.3) is 0 Å². The molecule has 0 aliphatic carbocycles. The van der Waals surface area contributed by atoms with Crippen LogP contribution in [0, 0.1) is 0 Å². The van der Waals surface area contributed by atoms with Crippen molar-refractivity contribution in [2.24, 2.45) is 0 Å². The summed E-state index contributed by atoms with van der Waals surface area (Å²) in [6, 6.07) is 10.9. The van der Waals surface area contributed by atoms with E-state index >= 15 is 0 Å². The van der Waals surface area contributed by atoms with Crippen molar-refractivity contribution in [3.8, 4) is 0 Å². The highest BCUT2D eigenvalue weighted by Gasteiger charge is 2.19. The van der Waals surface area contributed by atoms with Gasteiger partial charge in [0.05, 0.1) is 15.5 Å². The zero-order valence-corrected chi connectivity index (χ0v) is 16.2. The first-order valence-electron chi connectivity index (χ1n) is 7.69. The predicted octanol–water partition coefficient (Wildman–Crippen LogP) is 2.38.